The Bertz CT molecular complexity index is 602. The first-order valence-corrected chi connectivity index (χ1v) is 12.4. The van der Waals surface area contributed by atoms with Gasteiger partial charge in [0.05, 0.1) is 13.2 Å². The van der Waals surface area contributed by atoms with Gasteiger partial charge in [0.1, 0.15) is 0 Å². The van der Waals surface area contributed by atoms with Gasteiger partial charge in [0.2, 0.25) is 0 Å². The van der Waals surface area contributed by atoms with Gasteiger partial charge < -0.3 is 20.8 Å². The van der Waals surface area contributed by atoms with Gasteiger partial charge in [-0.05, 0) is 94.7 Å². The van der Waals surface area contributed by atoms with Crippen molar-refractivity contribution in [3.63, 3.8) is 0 Å². The topological polar surface area (TPSA) is 57.1 Å². The zero-order valence-corrected chi connectivity index (χ0v) is 21.1. The molecule has 0 unspecified atom stereocenters. The smallest absolute Gasteiger partial charge is 0.0733 e. The summed E-state index contributed by atoms with van der Waals surface area (Å²) in [5, 5.41) is 14.6. The third kappa shape index (κ3) is 12.1. The van der Waals surface area contributed by atoms with Crippen molar-refractivity contribution >= 4 is 5.71 Å². The molecule has 178 valence electrons. The molecule has 3 N–H and O–H groups in total. The zero-order valence-electron chi connectivity index (χ0n) is 21.1. The molecule has 0 atom stereocenters. The van der Waals surface area contributed by atoms with Gasteiger partial charge >= 0.3 is 0 Å². The molecule has 0 aromatic carbocycles. The van der Waals surface area contributed by atoms with E-state index < -0.39 is 0 Å². The van der Waals surface area contributed by atoms with Gasteiger partial charge in [0.25, 0.3) is 0 Å². The Kier molecular flexibility index (Phi) is 18.1. The highest BCUT2D eigenvalue weighted by atomic mass is 16.5. The Labute approximate surface area is 192 Å². The molecule has 2 aliphatic rings. The molecular formula is C27H49N3O. The Morgan fingerprint density at radius 1 is 1.10 bits per heavy atom. The molecular weight excluding hydrogens is 382 g/mol. The number of rotatable bonds is 9. The molecule has 1 saturated carbocycles. The molecule has 1 saturated heterocycles. The van der Waals surface area contributed by atoms with E-state index in [1.165, 1.54) is 41.7 Å². The maximum absolute atomic E-state index is 7.87. The fourth-order valence-electron chi connectivity index (χ4n) is 3.68. The first kappa shape index (κ1) is 29.4. The second-order valence-electron chi connectivity index (χ2n) is 7.83. The first-order valence-electron chi connectivity index (χ1n) is 12.4. The van der Waals surface area contributed by atoms with Crippen molar-refractivity contribution in [2.45, 2.75) is 86.0 Å². The van der Waals surface area contributed by atoms with Crippen LogP contribution in [-0.2, 0) is 4.74 Å². The highest BCUT2D eigenvalue weighted by Crippen LogP contribution is 2.29. The van der Waals surface area contributed by atoms with Crippen LogP contribution in [0.5, 0.6) is 0 Å². The Hall–Kier alpha value is -1.65. The molecule has 0 amide bonds. The largest absolute Gasteiger partial charge is 0.385 e. The maximum atomic E-state index is 7.87. The summed E-state index contributed by atoms with van der Waals surface area (Å²) in [7, 11) is 0. The van der Waals surface area contributed by atoms with E-state index in [9.17, 15) is 0 Å². The van der Waals surface area contributed by atoms with Crippen LogP contribution in [0.2, 0.25) is 0 Å². The molecule has 0 spiro atoms. The normalized spacial score (nSPS) is 19.4. The molecule has 0 aromatic rings. The van der Waals surface area contributed by atoms with Gasteiger partial charge in [-0.2, -0.15) is 0 Å². The fraction of sp³-hybridized carbons (Fsp3) is 0.667. The Balaban J connectivity index is 0.000000547. The number of nitrogens with one attached hydrogen (secondary N) is 3. The van der Waals surface area contributed by atoms with E-state index in [0.717, 1.165) is 63.0 Å². The average molecular weight is 432 g/mol. The van der Waals surface area contributed by atoms with E-state index in [1.54, 1.807) is 0 Å². The lowest BCUT2D eigenvalue weighted by Crippen LogP contribution is -2.20. The molecule has 2 rings (SSSR count). The van der Waals surface area contributed by atoms with E-state index in [0.29, 0.717) is 13.2 Å². The second kappa shape index (κ2) is 19.1. The summed E-state index contributed by atoms with van der Waals surface area (Å²) in [6.07, 6.45) is 11.0. The molecule has 31 heavy (non-hydrogen) atoms. The summed E-state index contributed by atoms with van der Waals surface area (Å²) in [4.78, 5) is 0. The molecule has 0 bridgehead atoms. The summed E-state index contributed by atoms with van der Waals surface area (Å²) in [6, 6.07) is 0. The van der Waals surface area contributed by atoms with Crippen LogP contribution in [0.1, 0.15) is 86.0 Å². The van der Waals surface area contributed by atoms with E-state index in [-0.39, 0.29) is 0 Å². The molecule has 1 aliphatic carbocycles. The molecule has 0 aromatic heterocycles. The summed E-state index contributed by atoms with van der Waals surface area (Å²) in [6.45, 7) is 22.9. The Morgan fingerprint density at radius 3 is 2.39 bits per heavy atom. The van der Waals surface area contributed by atoms with Crippen molar-refractivity contribution in [1.29, 1.82) is 5.41 Å². The van der Waals surface area contributed by atoms with Crippen molar-refractivity contribution in [1.82, 2.24) is 10.6 Å². The summed E-state index contributed by atoms with van der Waals surface area (Å²) in [5.74, 6) is 0. The van der Waals surface area contributed by atoms with Crippen LogP contribution < -0.4 is 10.6 Å². The van der Waals surface area contributed by atoms with Gasteiger partial charge in [-0.3, -0.25) is 0 Å². The molecule has 2 fully saturated rings. The summed E-state index contributed by atoms with van der Waals surface area (Å²) >= 11 is 0. The van der Waals surface area contributed by atoms with E-state index in [1.807, 2.05) is 19.9 Å². The van der Waals surface area contributed by atoms with Gasteiger partial charge in [0, 0.05) is 24.4 Å². The highest BCUT2D eigenvalue weighted by molar-refractivity contribution is 5.99. The van der Waals surface area contributed by atoms with Gasteiger partial charge in [-0.25, -0.2) is 0 Å². The van der Waals surface area contributed by atoms with Crippen LogP contribution in [0.3, 0.4) is 0 Å². The van der Waals surface area contributed by atoms with Crippen molar-refractivity contribution in [3.05, 3.63) is 47.2 Å². The second-order valence-corrected chi connectivity index (χ2v) is 7.83. The minimum Gasteiger partial charge on any atom is -0.385 e. The van der Waals surface area contributed by atoms with Crippen molar-refractivity contribution < 1.29 is 4.74 Å². The number of ether oxygens (including phenoxy) is 1. The quantitative estimate of drug-likeness (QED) is 0.355. The predicted octanol–water partition coefficient (Wildman–Crippen LogP) is 6.72. The van der Waals surface area contributed by atoms with Gasteiger partial charge in [-0.1, -0.05) is 39.5 Å². The number of likely N-dealkylation sites (N-methyl/N-ethyl adjacent to an activating group) is 1. The SMILES string of the molecule is C=C/C(NCC)=C1/CCCCC1=C.CC.CCCNCCC/C(C)=C1\COCCC1=N. The third-order valence-corrected chi connectivity index (χ3v) is 5.43. The Morgan fingerprint density at radius 2 is 1.81 bits per heavy atom. The lowest BCUT2D eigenvalue weighted by atomic mass is 9.89. The molecule has 4 heteroatoms. The first-order chi connectivity index (χ1) is 15.0. The van der Waals surface area contributed by atoms with Crippen LogP contribution >= 0.6 is 0 Å². The highest BCUT2D eigenvalue weighted by Gasteiger charge is 2.14. The third-order valence-electron chi connectivity index (χ3n) is 5.43. The van der Waals surface area contributed by atoms with Crippen LogP contribution in [0, 0.1) is 5.41 Å². The van der Waals surface area contributed by atoms with Gasteiger partial charge in [-0.15, -0.1) is 0 Å². The van der Waals surface area contributed by atoms with Gasteiger partial charge in [0.15, 0.2) is 0 Å². The van der Waals surface area contributed by atoms with E-state index in [2.05, 4.69) is 44.6 Å². The predicted molar refractivity (Wildman–Crippen MR) is 138 cm³/mol. The minimum atomic E-state index is 0.646. The maximum Gasteiger partial charge on any atom is 0.0733 e. The number of hydrogen-bond acceptors (Lipinski definition) is 4. The van der Waals surface area contributed by atoms with Crippen molar-refractivity contribution in [2.75, 3.05) is 32.8 Å². The molecule has 0 radical (unpaired) electrons. The standard InChI is InChI=1S/C13H24N2O.C12H19N.C2H6/c1-3-7-15-8-4-5-11(2)12-10-16-9-6-13(12)14;1-4-12(13-5-2)11-9-7-6-8-10(11)3;1-2/h14-15H,3-10H2,1-2H3;4,13H,1,3,5-9H2,2H3;1-2H3/b12-11+,14-13?;12-11+;. The van der Waals surface area contributed by atoms with E-state index in [4.69, 9.17) is 10.1 Å². The number of hydrogen-bond donors (Lipinski definition) is 3. The molecule has 4 nitrogen and oxygen atoms in total. The minimum absolute atomic E-state index is 0.646. The lowest BCUT2D eigenvalue weighted by Gasteiger charge is -2.20. The van der Waals surface area contributed by atoms with Crippen molar-refractivity contribution in [3.8, 4) is 0 Å². The zero-order chi connectivity index (χ0) is 23.5. The van der Waals surface area contributed by atoms with Crippen LogP contribution in [-0.4, -0.2) is 38.6 Å². The molecule has 1 heterocycles. The molecule has 1 aliphatic heterocycles. The number of allylic oxidation sites excluding steroid dienone is 4. The fourth-order valence-corrected chi connectivity index (χ4v) is 3.68. The summed E-state index contributed by atoms with van der Waals surface area (Å²) in [5.41, 5.74) is 7.13. The monoisotopic (exact) mass is 431 g/mol. The van der Waals surface area contributed by atoms with Crippen LogP contribution in [0.15, 0.2) is 47.2 Å². The van der Waals surface area contributed by atoms with Crippen LogP contribution in [0.4, 0.5) is 0 Å². The van der Waals surface area contributed by atoms with Crippen molar-refractivity contribution in [2.24, 2.45) is 0 Å². The summed E-state index contributed by atoms with van der Waals surface area (Å²) < 4.78 is 5.40. The average Bonchev–Trinajstić information content (AvgIpc) is 2.80. The van der Waals surface area contributed by atoms with E-state index >= 15 is 0 Å². The lowest BCUT2D eigenvalue weighted by molar-refractivity contribution is 0.156. The van der Waals surface area contributed by atoms with Crippen LogP contribution in [0.25, 0.3) is 0 Å².